The molecule has 0 unspecified atom stereocenters. The molecular formula is C22H21NO3. The van der Waals surface area contributed by atoms with Crippen molar-refractivity contribution in [2.24, 2.45) is 7.05 Å². The lowest BCUT2D eigenvalue weighted by Gasteiger charge is -2.16. The van der Waals surface area contributed by atoms with Crippen LogP contribution in [0.15, 0.2) is 71.5 Å². The molecule has 0 fully saturated rings. The second kappa shape index (κ2) is 7.83. The summed E-state index contributed by atoms with van der Waals surface area (Å²) in [6.45, 7) is 2.05. The first-order valence-electron chi connectivity index (χ1n) is 8.61. The van der Waals surface area contributed by atoms with Crippen molar-refractivity contribution in [1.82, 2.24) is 4.57 Å². The molecule has 4 heteroatoms. The van der Waals surface area contributed by atoms with Gasteiger partial charge in [-0.3, -0.25) is 4.79 Å². The molecule has 0 saturated carbocycles. The molecule has 132 valence electrons. The summed E-state index contributed by atoms with van der Waals surface area (Å²) in [6, 6.07) is 20.8. The van der Waals surface area contributed by atoms with Gasteiger partial charge in [0.25, 0.3) is 5.56 Å². The molecule has 1 heterocycles. The van der Waals surface area contributed by atoms with Crippen LogP contribution in [0.25, 0.3) is 11.3 Å². The van der Waals surface area contributed by atoms with E-state index >= 15 is 0 Å². The number of carbonyl (C=O) groups is 1. The molecule has 3 rings (SSSR count). The lowest BCUT2D eigenvalue weighted by atomic mass is 10.00. The lowest BCUT2D eigenvalue weighted by molar-refractivity contribution is 0.0526. The minimum atomic E-state index is -0.420. The van der Waals surface area contributed by atoms with Gasteiger partial charge in [-0.05, 0) is 24.1 Å². The fraction of sp³-hybridized carbons (Fsp3) is 0.182. The maximum atomic E-state index is 12.9. The van der Waals surface area contributed by atoms with Crippen molar-refractivity contribution in [3.8, 4) is 11.3 Å². The standard InChI is InChI=1S/C22H21NO3/c1-3-26-22(25)19-15-18(14-16-10-6-4-7-11-16)21(24)23(2)20(19)17-12-8-5-9-13-17/h4-13,15H,3,14H2,1-2H3. The van der Waals surface area contributed by atoms with Crippen LogP contribution in [-0.2, 0) is 18.2 Å². The number of rotatable bonds is 5. The van der Waals surface area contributed by atoms with Crippen molar-refractivity contribution in [3.63, 3.8) is 0 Å². The van der Waals surface area contributed by atoms with Gasteiger partial charge in [0.05, 0.1) is 17.9 Å². The number of hydrogen-bond donors (Lipinski definition) is 0. The average Bonchev–Trinajstić information content (AvgIpc) is 2.67. The molecule has 0 amide bonds. The Balaban J connectivity index is 2.17. The minimum Gasteiger partial charge on any atom is -0.462 e. The first kappa shape index (κ1) is 17.7. The quantitative estimate of drug-likeness (QED) is 0.659. The minimum absolute atomic E-state index is 0.110. The predicted octanol–water partition coefficient (Wildman–Crippen LogP) is 3.82. The molecule has 0 aliphatic heterocycles. The van der Waals surface area contributed by atoms with Crippen LogP contribution in [0.2, 0.25) is 0 Å². The van der Waals surface area contributed by atoms with Crippen molar-refractivity contribution in [2.45, 2.75) is 13.3 Å². The van der Waals surface area contributed by atoms with Crippen LogP contribution in [-0.4, -0.2) is 17.1 Å². The number of esters is 1. The Hall–Kier alpha value is -3.14. The third-order valence-corrected chi connectivity index (χ3v) is 4.27. The summed E-state index contributed by atoms with van der Waals surface area (Å²) < 4.78 is 6.78. The Morgan fingerprint density at radius 3 is 2.23 bits per heavy atom. The second-order valence-electron chi connectivity index (χ2n) is 6.04. The largest absolute Gasteiger partial charge is 0.462 e. The number of ether oxygens (including phenoxy) is 1. The summed E-state index contributed by atoms with van der Waals surface area (Å²) in [6.07, 6.45) is 0.467. The van der Waals surface area contributed by atoms with Crippen LogP contribution in [0.5, 0.6) is 0 Å². The highest BCUT2D eigenvalue weighted by Crippen LogP contribution is 2.24. The van der Waals surface area contributed by atoms with Crippen molar-refractivity contribution >= 4 is 5.97 Å². The zero-order valence-electron chi connectivity index (χ0n) is 14.9. The zero-order valence-corrected chi connectivity index (χ0v) is 14.9. The number of pyridine rings is 1. The lowest BCUT2D eigenvalue weighted by Crippen LogP contribution is -2.26. The first-order valence-corrected chi connectivity index (χ1v) is 8.61. The van der Waals surface area contributed by atoms with E-state index in [1.165, 1.54) is 0 Å². The van der Waals surface area contributed by atoms with Crippen molar-refractivity contribution in [2.75, 3.05) is 6.61 Å². The highest BCUT2D eigenvalue weighted by atomic mass is 16.5. The highest BCUT2D eigenvalue weighted by Gasteiger charge is 2.20. The molecule has 0 spiro atoms. The van der Waals surface area contributed by atoms with Crippen LogP contribution in [0.3, 0.4) is 0 Å². The van der Waals surface area contributed by atoms with Gasteiger partial charge in [0.1, 0.15) is 0 Å². The molecule has 0 saturated heterocycles. The molecule has 0 atom stereocenters. The van der Waals surface area contributed by atoms with Gasteiger partial charge in [0.2, 0.25) is 0 Å². The Labute approximate surface area is 152 Å². The van der Waals surface area contributed by atoms with E-state index < -0.39 is 5.97 Å². The van der Waals surface area contributed by atoms with E-state index in [0.717, 1.165) is 11.1 Å². The van der Waals surface area contributed by atoms with Crippen LogP contribution >= 0.6 is 0 Å². The Kier molecular flexibility index (Phi) is 5.32. The molecule has 0 bridgehead atoms. The predicted molar refractivity (Wildman–Crippen MR) is 102 cm³/mol. The van der Waals surface area contributed by atoms with Crippen LogP contribution < -0.4 is 5.56 Å². The third kappa shape index (κ3) is 3.59. The van der Waals surface area contributed by atoms with E-state index in [-0.39, 0.29) is 12.2 Å². The van der Waals surface area contributed by atoms with Gasteiger partial charge in [-0.15, -0.1) is 0 Å². The van der Waals surface area contributed by atoms with E-state index in [0.29, 0.717) is 23.2 Å². The van der Waals surface area contributed by atoms with E-state index in [4.69, 9.17) is 4.74 Å². The average molecular weight is 347 g/mol. The summed E-state index contributed by atoms with van der Waals surface area (Å²) >= 11 is 0. The molecule has 0 aliphatic carbocycles. The number of aromatic nitrogens is 1. The normalized spacial score (nSPS) is 10.5. The van der Waals surface area contributed by atoms with Gasteiger partial charge >= 0.3 is 5.97 Å². The van der Waals surface area contributed by atoms with Gasteiger partial charge in [-0.1, -0.05) is 60.7 Å². The van der Waals surface area contributed by atoms with Gasteiger partial charge < -0.3 is 9.30 Å². The molecule has 0 radical (unpaired) electrons. The molecule has 0 N–H and O–H groups in total. The monoisotopic (exact) mass is 347 g/mol. The van der Waals surface area contributed by atoms with Gasteiger partial charge in [0.15, 0.2) is 0 Å². The smallest absolute Gasteiger partial charge is 0.340 e. The Morgan fingerprint density at radius 1 is 1.00 bits per heavy atom. The maximum absolute atomic E-state index is 12.9. The summed E-state index contributed by atoms with van der Waals surface area (Å²) in [4.78, 5) is 25.5. The number of benzene rings is 2. The highest BCUT2D eigenvalue weighted by molar-refractivity contribution is 5.96. The number of carbonyl (C=O) groups excluding carboxylic acids is 1. The van der Waals surface area contributed by atoms with Gasteiger partial charge in [0, 0.05) is 19.0 Å². The van der Waals surface area contributed by atoms with E-state index in [2.05, 4.69) is 0 Å². The fourth-order valence-electron chi connectivity index (χ4n) is 3.05. The van der Waals surface area contributed by atoms with Gasteiger partial charge in [-0.25, -0.2) is 4.79 Å². The maximum Gasteiger partial charge on any atom is 0.340 e. The van der Waals surface area contributed by atoms with Crippen LogP contribution in [0.1, 0.15) is 28.4 Å². The van der Waals surface area contributed by atoms with Crippen molar-refractivity contribution in [1.29, 1.82) is 0 Å². The van der Waals surface area contributed by atoms with Crippen LogP contribution in [0.4, 0.5) is 0 Å². The molecular weight excluding hydrogens is 326 g/mol. The topological polar surface area (TPSA) is 48.3 Å². The van der Waals surface area contributed by atoms with Crippen LogP contribution in [0, 0.1) is 0 Å². The molecule has 1 aromatic heterocycles. The summed E-state index contributed by atoms with van der Waals surface area (Å²) in [5.41, 5.74) is 3.27. The summed E-state index contributed by atoms with van der Waals surface area (Å²) in [7, 11) is 1.70. The fourth-order valence-corrected chi connectivity index (χ4v) is 3.05. The number of nitrogens with zero attached hydrogens (tertiary/aromatic N) is 1. The zero-order chi connectivity index (χ0) is 18.5. The summed E-state index contributed by atoms with van der Waals surface area (Å²) in [5.74, 6) is -0.420. The molecule has 3 aromatic rings. The molecule has 2 aromatic carbocycles. The van der Waals surface area contributed by atoms with E-state index in [9.17, 15) is 9.59 Å². The molecule has 26 heavy (non-hydrogen) atoms. The van der Waals surface area contributed by atoms with Crippen molar-refractivity contribution in [3.05, 3.63) is 93.8 Å². The SMILES string of the molecule is CCOC(=O)c1cc(Cc2ccccc2)c(=O)n(C)c1-c1ccccc1. The molecule has 4 nitrogen and oxygen atoms in total. The Morgan fingerprint density at radius 2 is 1.62 bits per heavy atom. The van der Waals surface area contributed by atoms with E-state index in [1.807, 2.05) is 60.7 Å². The van der Waals surface area contributed by atoms with Crippen molar-refractivity contribution < 1.29 is 9.53 Å². The summed E-state index contributed by atoms with van der Waals surface area (Å²) in [5, 5.41) is 0. The third-order valence-electron chi connectivity index (χ3n) is 4.27. The second-order valence-corrected chi connectivity index (χ2v) is 6.04. The Bertz CT molecular complexity index is 960. The van der Waals surface area contributed by atoms with Gasteiger partial charge in [-0.2, -0.15) is 0 Å². The molecule has 0 aliphatic rings. The first-order chi connectivity index (χ1) is 12.6. The van der Waals surface area contributed by atoms with E-state index in [1.54, 1.807) is 24.6 Å². The number of hydrogen-bond acceptors (Lipinski definition) is 3.